The number of nitrogens with zero attached hydrogens (tertiary/aromatic N) is 6. The number of pyridine rings is 1. The molecule has 1 aliphatic rings. The fourth-order valence-electron chi connectivity index (χ4n) is 3.64. The molecule has 0 fully saturated rings. The van der Waals surface area contributed by atoms with Gasteiger partial charge in [-0.3, -0.25) is 9.78 Å². The van der Waals surface area contributed by atoms with E-state index in [0.29, 0.717) is 18.1 Å². The zero-order chi connectivity index (χ0) is 20.4. The fourth-order valence-corrected chi connectivity index (χ4v) is 3.64. The van der Waals surface area contributed by atoms with E-state index in [1.54, 1.807) is 13.2 Å². The Bertz CT molecular complexity index is 1070. The second kappa shape index (κ2) is 7.95. The van der Waals surface area contributed by atoms with Crippen molar-refractivity contribution in [2.75, 3.05) is 18.0 Å². The average molecular weight is 388 g/mol. The van der Waals surface area contributed by atoms with Crippen LogP contribution in [0, 0.1) is 6.92 Å². The molecule has 0 radical (unpaired) electrons. The minimum Gasteiger partial charge on any atom is -0.334 e. The van der Waals surface area contributed by atoms with Crippen LogP contribution in [0.5, 0.6) is 0 Å². The summed E-state index contributed by atoms with van der Waals surface area (Å²) in [7, 11) is 1.77. The lowest BCUT2D eigenvalue weighted by atomic mass is 9.93. The molecule has 0 amide bonds. The Labute approximate surface area is 170 Å². The smallest absolute Gasteiger partial charge is 0.266 e. The first kappa shape index (κ1) is 19.0. The number of hydrogen-bond donors (Lipinski definition) is 0. The normalized spacial score (nSPS) is 14.4. The van der Waals surface area contributed by atoms with Gasteiger partial charge in [-0.25, -0.2) is 0 Å². The zero-order valence-electron chi connectivity index (χ0n) is 17.0. The maximum atomic E-state index is 12.6. The summed E-state index contributed by atoms with van der Waals surface area (Å²) in [5.41, 5.74) is 6.27. The standard InChI is InChI=1S/C22H24N6O/c1-15-10-12-28(22-24-26-27(3)25-22)14-19(15)18-8-6-17(7-9-18)13-20(29)21-16(2)5-4-11-23-21/h4-9,11H,10,12-14H2,1-3H3. The first-order valence-electron chi connectivity index (χ1n) is 9.73. The highest BCUT2D eigenvalue weighted by Crippen LogP contribution is 2.28. The molecule has 148 valence electrons. The number of carbonyl (C=O) groups excluding carboxylic acids is 1. The van der Waals surface area contributed by atoms with Gasteiger partial charge in [0.15, 0.2) is 5.78 Å². The van der Waals surface area contributed by atoms with Crippen LogP contribution in [-0.4, -0.2) is 44.1 Å². The number of tetrazole rings is 1. The van der Waals surface area contributed by atoms with Crippen LogP contribution in [0.2, 0.25) is 0 Å². The molecule has 0 saturated heterocycles. The van der Waals surface area contributed by atoms with E-state index in [2.05, 4.69) is 44.4 Å². The zero-order valence-corrected chi connectivity index (χ0v) is 17.0. The van der Waals surface area contributed by atoms with Crippen molar-refractivity contribution < 1.29 is 4.79 Å². The summed E-state index contributed by atoms with van der Waals surface area (Å²) >= 11 is 0. The average Bonchev–Trinajstić information content (AvgIpc) is 3.16. The highest BCUT2D eigenvalue weighted by Gasteiger charge is 2.21. The molecule has 2 aromatic heterocycles. The second-order valence-corrected chi connectivity index (χ2v) is 7.48. The Morgan fingerprint density at radius 3 is 2.62 bits per heavy atom. The van der Waals surface area contributed by atoms with Crippen molar-refractivity contribution in [1.82, 2.24) is 25.2 Å². The molecule has 0 N–H and O–H groups in total. The van der Waals surface area contributed by atoms with Crippen LogP contribution >= 0.6 is 0 Å². The lowest BCUT2D eigenvalue weighted by Gasteiger charge is -2.29. The van der Waals surface area contributed by atoms with Crippen LogP contribution in [0.4, 0.5) is 5.95 Å². The number of benzene rings is 1. The van der Waals surface area contributed by atoms with Gasteiger partial charge in [0.2, 0.25) is 0 Å². The summed E-state index contributed by atoms with van der Waals surface area (Å²) in [6.45, 7) is 5.73. The summed E-state index contributed by atoms with van der Waals surface area (Å²) in [5.74, 6) is 0.703. The number of hydrogen-bond acceptors (Lipinski definition) is 6. The molecule has 1 aromatic carbocycles. The number of anilines is 1. The van der Waals surface area contributed by atoms with Gasteiger partial charge in [0.05, 0.1) is 7.05 Å². The number of Topliss-reactive ketones (excluding diaryl/α,β-unsaturated/α-hetero) is 1. The summed E-state index contributed by atoms with van der Waals surface area (Å²) in [6.07, 6.45) is 2.98. The third-order valence-electron chi connectivity index (χ3n) is 5.34. The number of aromatic nitrogens is 5. The van der Waals surface area contributed by atoms with E-state index < -0.39 is 0 Å². The van der Waals surface area contributed by atoms with E-state index in [4.69, 9.17) is 0 Å². The molecule has 0 spiro atoms. The number of aryl methyl sites for hydroxylation is 2. The molecule has 3 heterocycles. The molecule has 29 heavy (non-hydrogen) atoms. The van der Waals surface area contributed by atoms with Crippen molar-refractivity contribution in [3.8, 4) is 0 Å². The predicted molar refractivity (Wildman–Crippen MR) is 112 cm³/mol. The highest BCUT2D eigenvalue weighted by atomic mass is 16.1. The second-order valence-electron chi connectivity index (χ2n) is 7.48. The van der Waals surface area contributed by atoms with E-state index >= 15 is 0 Å². The van der Waals surface area contributed by atoms with Crippen LogP contribution in [0.3, 0.4) is 0 Å². The highest BCUT2D eigenvalue weighted by molar-refractivity contribution is 5.97. The number of ketones is 1. The summed E-state index contributed by atoms with van der Waals surface area (Å²) < 4.78 is 0. The third kappa shape index (κ3) is 4.08. The molecular formula is C22H24N6O. The molecule has 4 rings (SSSR count). The lowest BCUT2D eigenvalue weighted by molar-refractivity contribution is 0.0987. The largest absolute Gasteiger partial charge is 0.334 e. The van der Waals surface area contributed by atoms with Gasteiger partial charge in [-0.15, -0.1) is 5.10 Å². The molecule has 7 nitrogen and oxygen atoms in total. The Kier molecular flexibility index (Phi) is 5.20. The van der Waals surface area contributed by atoms with Gasteiger partial charge < -0.3 is 4.90 Å². The van der Waals surface area contributed by atoms with Crippen molar-refractivity contribution in [1.29, 1.82) is 0 Å². The topological polar surface area (TPSA) is 76.8 Å². The molecule has 0 atom stereocenters. The Balaban J connectivity index is 1.49. The SMILES string of the molecule is CC1=C(c2ccc(CC(=O)c3ncccc3C)cc2)CN(c2nnn(C)n2)CC1. The summed E-state index contributed by atoms with van der Waals surface area (Å²) in [6, 6.07) is 12.0. The van der Waals surface area contributed by atoms with E-state index in [1.807, 2.05) is 31.2 Å². The Hall–Kier alpha value is -3.35. The Morgan fingerprint density at radius 2 is 1.93 bits per heavy atom. The quantitative estimate of drug-likeness (QED) is 0.626. The van der Waals surface area contributed by atoms with Crippen molar-refractivity contribution in [3.63, 3.8) is 0 Å². The molecule has 1 aliphatic heterocycles. The van der Waals surface area contributed by atoms with Crippen LogP contribution in [0.1, 0.15) is 40.5 Å². The minimum absolute atomic E-state index is 0.0452. The van der Waals surface area contributed by atoms with E-state index in [-0.39, 0.29) is 5.78 Å². The first-order chi connectivity index (χ1) is 14.0. The predicted octanol–water partition coefficient (Wildman–Crippen LogP) is 3.02. The lowest BCUT2D eigenvalue weighted by Crippen LogP contribution is -2.31. The van der Waals surface area contributed by atoms with E-state index in [9.17, 15) is 4.79 Å². The third-order valence-corrected chi connectivity index (χ3v) is 5.34. The van der Waals surface area contributed by atoms with Gasteiger partial charge in [-0.2, -0.15) is 4.80 Å². The van der Waals surface area contributed by atoms with Crippen molar-refractivity contribution in [3.05, 3.63) is 70.6 Å². The molecule has 0 bridgehead atoms. The summed E-state index contributed by atoms with van der Waals surface area (Å²) in [5, 5.41) is 12.4. The maximum absolute atomic E-state index is 12.6. The van der Waals surface area contributed by atoms with Crippen LogP contribution < -0.4 is 4.90 Å². The summed E-state index contributed by atoms with van der Waals surface area (Å²) in [4.78, 5) is 20.4. The van der Waals surface area contributed by atoms with Crippen LogP contribution in [-0.2, 0) is 13.5 Å². The van der Waals surface area contributed by atoms with E-state index in [0.717, 1.165) is 30.6 Å². The van der Waals surface area contributed by atoms with Crippen LogP contribution in [0.15, 0.2) is 48.2 Å². The fraction of sp³-hybridized carbons (Fsp3) is 0.318. The minimum atomic E-state index is 0.0452. The van der Waals surface area contributed by atoms with Crippen molar-refractivity contribution in [2.45, 2.75) is 26.7 Å². The molecular weight excluding hydrogens is 364 g/mol. The van der Waals surface area contributed by atoms with Gasteiger partial charge >= 0.3 is 0 Å². The van der Waals surface area contributed by atoms with E-state index in [1.165, 1.54) is 21.5 Å². The van der Waals surface area contributed by atoms with Gasteiger partial charge in [-0.05, 0) is 53.8 Å². The van der Waals surface area contributed by atoms with Crippen LogP contribution in [0.25, 0.3) is 5.57 Å². The molecule has 0 aliphatic carbocycles. The van der Waals surface area contributed by atoms with Crippen molar-refractivity contribution in [2.24, 2.45) is 7.05 Å². The molecule has 3 aromatic rings. The molecule has 0 saturated carbocycles. The van der Waals surface area contributed by atoms with Gasteiger partial charge in [0.1, 0.15) is 5.69 Å². The van der Waals surface area contributed by atoms with Crippen molar-refractivity contribution >= 4 is 17.3 Å². The number of rotatable bonds is 5. The monoisotopic (exact) mass is 388 g/mol. The van der Waals surface area contributed by atoms with Gasteiger partial charge in [-0.1, -0.05) is 41.0 Å². The Morgan fingerprint density at radius 1 is 1.14 bits per heavy atom. The number of carbonyl (C=O) groups is 1. The first-order valence-corrected chi connectivity index (χ1v) is 9.73. The molecule has 0 unspecified atom stereocenters. The van der Waals surface area contributed by atoms with Gasteiger partial charge in [0.25, 0.3) is 5.95 Å². The molecule has 7 heteroatoms. The maximum Gasteiger partial charge on any atom is 0.266 e. The van der Waals surface area contributed by atoms with Gasteiger partial charge in [0, 0.05) is 25.7 Å².